The van der Waals surface area contributed by atoms with E-state index in [1.54, 1.807) is 0 Å². The summed E-state index contributed by atoms with van der Waals surface area (Å²) < 4.78 is 6.10. The molecule has 0 spiro atoms. The Morgan fingerprint density at radius 2 is 2.38 bits per heavy atom. The van der Waals surface area contributed by atoms with Gasteiger partial charge in [0.15, 0.2) is 5.15 Å². The van der Waals surface area contributed by atoms with Crippen LogP contribution in [-0.4, -0.2) is 29.6 Å². The second kappa shape index (κ2) is 5.50. The van der Waals surface area contributed by atoms with Crippen LogP contribution in [0.2, 0.25) is 5.15 Å². The quantitative estimate of drug-likeness (QED) is 0.761. The van der Waals surface area contributed by atoms with Crippen molar-refractivity contribution in [2.45, 2.75) is 13.0 Å². The van der Waals surface area contributed by atoms with Crippen molar-refractivity contribution in [2.24, 2.45) is 0 Å². The van der Waals surface area contributed by atoms with Gasteiger partial charge in [0.1, 0.15) is 0 Å². The van der Waals surface area contributed by atoms with Crippen LogP contribution in [0.15, 0.2) is 11.1 Å². The lowest BCUT2D eigenvalue weighted by Crippen LogP contribution is -2.26. The molecule has 1 N–H and O–H groups in total. The summed E-state index contributed by atoms with van der Waals surface area (Å²) in [6, 6.07) is 0. The molecule has 6 nitrogen and oxygen atoms in total. The predicted molar refractivity (Wildman–Crippen MR) is 58.7 cm³/mol. The Bertz CT molecular complexity index is 444. The van der Waals surface area contributed by atoms with Crippen LogP contribution in [0.5, 0.6) is 5.75 Å². The van der Waals surface area contributed by atoms with Crippen molar-refractivity contribution >= 4 is 17.5 Å². The molecule has 0 saturated heterocycles. The Kier molecular flexibility index (Phi) is 4.30. The van der Waals surface area contributed by atoms with E-state index >= 15 is 0 Å². The van der Waals surface area contributed by atoms with Gasteiger partial charge in [-0.3, -0.25) is 14.2 Å². The van der Waals surface area contributed by atoms with E-state index in [1.807, 2.05) is 0 Å². The lowest BCUT2D eigenvalue weighted by molar-refractivity contribution is -0.120. The number of nitrogens with one attached hydrogen (secondary N) is 1. The number of hydrogen-bond acceptors (Lipinski definition) is 4. The SMILES string of the molecule is CNC(=O)CCn1cnc(Cl)c(OC)c1=O. The van der Waals surface area contributed by atoms with Gasteiger partial charge in [-0.2, -0.15) is 0 Å². The largest absolute Gasteiger partial charge is 0.489 e. The summed E-state index contributed by atoms with van der Waals surface area (Å²) in [5.74, 6) is -0.165. The van der Waals surface area contributed by atoms with Gasteiger partial charge in [0.2, 0.25) is 11.7 Å². The average molecular weight is 246 g/mol. The molecule has 88 valence electrons. The Balaban J connectivity index is 2.90. The van der Waals surface area contributed by atoms with Crippen LogP contribution >= 0.6 is 11.6 Å². The first-order valence-corrected chi connectivity index (χ1v) is 4.97. The molecule has 1 amide bonds. The van der Waals surface area contributed by atoms with Gasteiger partial charge in [-0.15, -0.1) is 0 Å². The van der Waals surface area contributed by atoms with Crippen LogP contribution < -0.4 is 15.6 Å². The van der Waals surface area contributed by atoms with Crippen molar-refractivity contribution < 1.29 is 9.53 Å². The fraction of sp³-hybridized carbons (Fsp3) is 0.444. The zero-order chi connectivity index (χ0) is 12.1. The summed E-state index contributed by atoms with van der Waals surface area (Å²) >= 11 is 5.66. The predicted octanol–water partition coefficient (Wildman–Crippen LogP) is 0.0414. The van der Waals surface area contributed by atoms with Gasteiger partial charge < -0.3 is 10.1 Å². The third-order valence-corrected chi connectivity index (χ3v) is 2.28. The number of carbonyl (C=O) groups is 1. The smallest absolute Gasteiger partial charge is 0.297 e. The molecule has 0 aliphatic heterocycles. The third-order valence-electron chi connectivity index (χ3n) is 2.02. The van der Waals surface area contributed by atoms with E-state index in [9.17, 15) is 9.59 Å². The fourth-order valence-corrected chi connectivity index (χ4v) is 1.33. The van der Waals surface area contributed by atoms with Gasteiger partial charge in [0.25, 0.3) is 5.56 Å². The number of amides is 1. The van der Waals surface area contributed by atoms with Gasteiger partial charge in [0, 0.05) is 20.0 Å². The minimum absolute atomic E-state index is 0.0129. The number of carbonyl (C=O) groups excluding carboxylic acids is 1. The van der Waals surface area contributed by atoms with E-state index in [0.717, 1.165) is 0 Å². The first kappa shape index (κ1) is 12.5. The van der Waals surface area contributed by atoms with Crippen molar-refractivity contribution in [3.63, 3.8) is 0 Å². The summed E-state index contributed by atoms with van der Waals surface area (Å²) in [6.45, 7) is 0.235. The summed E-state index contributed by atoms with van der Waals surface area (Å²) in [4.78, 5) is 26.5. The van der Waals surface area contributed by atoms with E-state index in [4.69, 9.17) is 16.3 Å². The van der Waals surface area contributed by atoms with Crippen LogP contribution in [0.3, 0.4) is 0 Å². The number of nitrogens with zero attached hydrogens (tertiary/aromatic N) is 2. The minimum Gasteiger partial charge on any atom is -0.489 e. The molecule has 0 fully saturated rings. The lowest BCUT2D eigenvalue weighted by Gasteiger charge is -2.07. The van der Waals surface area contributed by atoms with Crippen molar-refractivity contribution in [1.29, 1.82) is 0 Å². The number of halogens is 1. The first-order chi connectivity index (χ1) is 7.60. The van der Waals surface area contributed by atoms with Crippen molar-refractivity contribution in [2.75, 3.05) is 14.2 Å². The van der Waals surface area contributed by atoms with Crippen LogP contribution in [-0.2, 0) is 11.3 Å². The Labute approximate surface area is 97.2 Å². The standard InChI is InChI=1S/C9H12ClN3O3/c1-11-6(14)3-4-13-5-12-8(10)7(16-2)9(13)15/h5H,3-4H2,1-2H3,(H,11,14). The highest BCUT2D eigenvalue weighted by Gasteiger charge is 2.10. The van der Waals surface area contributed by atoms with Crippen molar-refractivity contribution in [3.8, 4) is 5.75 Å². The molecule has 0 atom stereocenters. The van der Waals surface area contributed by atoms with Crippen LogP contribution in [0.25, 0.3) is 0 Å². The maximum atomic E-state index is 11.7. The van der Waals surface area contributed by atoms with E-state index in [0.29, 0.717) is 0 Å². The monoisotopic (exact) mass is 245 g/mol. The Hall–Kier alpha value is -1.56. The number of hydrogen-bond donors (Lipinski definition) is 1. The van der Waals surface area contributed by atoms with E-state index in [2.05, 4.69) is 10.3 Å². The van der Waals surface area contributed by atoms with Crippen LogP contribution in [0.4, 0.5) is 0 Å². The first-order valence-electron chi connectivity index (χ1n) is 4.59. The molecule has 0 aromatic carbocycles. The molecular formula is C9H12ClN3O3. The highest BCUT2D eigenvalue weighted by atomic mass is 35.5. The fourth-order valence-electron chi connectivity index (χ4n) is 1.13. The van der Waals surface area contributed by atoms with Gasteiger partial charge in [0.05, 0.1) is 13.4 Å². The number of aromatic nitrogens is 2. The molecule has 0 radical (unpaired) electrons. The summed E-state index contributed by atoms with van der Waals surface area (Å²) in [5, 5.41) is 2.48. The number of ether oxygens (including phenoxy) is 1. The summed E-state index contributed by atoms with van der Waals surface area (Å²) in [7, 11) is 2.87. The van der Waals surface area contributed by atoms with Gasteiger partial charge in [-0.05, 0) is 0 Å². The topological polar surface area (TPSA) is 73.2 Å². The summed E-state index contributed by atoms with van der Waals surface area (Å²) in [6.07, 6.45) is 1.49. The van der Waals surface area contributed by atoms with Gasteiger partial charge in [-0.1, -0.05) is 11.6 Å². The molecule has 0 bridgehead atoms. The Morgan fingerprint density at radius 1 is 1.69 bits per heavy atom. The minimum atomic E-state index is -0.397. The molecule has 1 heterocycles. The third kappa shape index (κ3) is 2.73. The maximum Gasteiger partial charge on any atom is 0.297 e. The molecule has 1 rings (SSSR count). The normalized spacial score (nSPS) is 9.94. The van der Waals surface area contributed by atoms with Crippen LogP contribution in [0, 0.1) is 0 Å². The molecule has 1 aromatic heterocycles. The zero-order valence-corrected chi connectivity index (χ0v) is 9.74. The second-order valence-electron chi connectivity index (χ2n) is 2.99. The van der Waals surface area contributed by atoms with Gasteiger partial charge >= 0.3 is 0 Å². The lowest BCUT2D eigenvalue weighted by atomic mass is 10.4. The molecule has 1 aromatic rings. The van der Waals surface area contributed by atoms with E-state index < -0.39 is 5.56 Å². The Morgan fingerprint density at radius 3 is 2.94 bits per heavy atom. The summed E-state index contributed by atoms with van der Waals surface area (Å²) in [5.41, 5.74) is -0.397. The molecule has 0 aliphatic rings. The second-order valence-corrected chi connectivity index (χ2v) is 3.35. The molecule has 0 aliphatic carbocycles. The average Bonchev–Trinajstić information content (AvgIpc) is 2.28. The highest BCUT2D eigenvalue weighted by molar-refractivity contribution is 6.30. The van der Waals surface area contributed by atoms with E-state index in [-0.39, 0.29) is 29.8 Å². The van der Waals surface area contributed by atoms with Gasteiger partial charge in [-0.25, -0.2) is 4.98 Å². The molecule has 0 saturated carbocycles. The maximum absolute atomic E-state index is 11.7. The molecule has 7 heteroatoms. The zero-order valence-electron chi connectivity index (χ0n) is 8.99. The molecular weight excluding hydrogens is 234 g/mol. The number of methoxy groups -OCH3 is 1. The van der Waals surface area contributed by atoms with Crippen molar-refractivity contribution in [1.82, 2.24) is 14.9 Å². The number of rotatable bonds is 4. The number of aryl methyl sites for hydroxylation is 1. The molecule has 0 unspecified atom stereocenters. The highest BCUT2D eigenvalue weighted by Crippen LogP contribution is 2.14. The van der Waals surface area contributed by atoms with Crippen molar-refractivity contribution in [3.05, 3.63) is 21.8 Å². The van der Waals surface area contributed by atoms with Crippen LogP contribution in [0.1, 0.15) is 6.42 Å². The van der Waals surface area contributed by atoms with E-state index in [1.165, 1.54) is 25.1 Å². The molecule has 16 heavy (non-hydrogen) atoms.